The summed E-state index contributed by atoms with van der Waals surface area (Å²) < 4.78 is 10.2. The fraction of sp³-hybridized carbons (Fsp3) is 0.250. The van der Waals surface area contributed by atoms with Gasteiger partial charge in [-0.1, -0.05) is 29.8 Å². The van der Waals surface area contributed by atoms with Crippen LogP contribution >= 0.6 is 23.1 Å². The van der Waals surface area contributed by atoms with Gasteiger partial charge in [0.05, 0.1) is 11.1 Å². The summed E-state index contributed by atoms with van der Waals surface area (Å²) in [5.41, 5.74) is 3.86. The second kappa shape index (κ2) is 7.98. The molecule has 6 heteroatoms. The van der Waals surface area contributed by atoms with Crippen molar-refractivity contribution in [3.05, 3.63) is 52.5 Å². The first-order valence-corrected chi connectivity index (χ1v) is 9.47. The van der Waals surface area contributed by atoms with Crippen molar-refractivity contribution in [2.45, 2.75) is 33.3 Å². The number of benzene rings is 2. The third kappa shape index (κ3) is 3.94. The first-order valence-electron chi connectivity index (χ1n) is 8.32. The minimum Gasteiger partial charge on any atom is -0.489 e. The van der Waals surface area contributed by atoms with Crippen molar-refractivity contribution in [2.24, 2.45) is 0 Å². The lowest BCUT2D eigenvalue weighted by molar-refractivity contribution is -0.107. The van der Waals surface area contributed by atoms with Gasteiger partial charge in [0.1, 0.15) is 17.0 Å². The Hall–Kier alpha value is -2.24. The van der Waals surface area contributed by atoms with Crippen LogP contribution in [0.4, 0.5) is 0 Å². The molecule has 0 bridgehead atoms. The lowest BCUT2D eigenvalue weighted by Crippen LogP contribution is -2.05. The maximum atomic E-state index is 10.8. The molecule has 0 aliphatic heterocycles. The number of halogens is 1. The van der Waals surface area contributed by atoms with Gasteiger partial charge in [0.2, 0.25) is 0 Å². The number of carbonyl (C=O) groups excluding carboxylic acids is 1. The van der Waals surface area contributed by atoms with E-state index in [1.54, 1.807) is 0 Å². The molecule has 3 aromatic rings. The van der Waals surface area contributed by atoms with E-state index in [4.69, 9.17) is 16.3 Å². The van der Waals surface area contributed by atoms with Gasteiger partial charge in [-0.15, -0.1) is 0 Å². The molecular weight excluding hydrogens is 368 g/mol. The maximum Gasteiger partial charge on any atom is 0.173 e. The van der Waals surface area contributed by atoms with E-state index in [9.17, 15) is 4.79 Å². The molecule has 0 radical (unpaired) electrons. The van der Waals surface area contributed by atoms with Crippen molar-refractivity contribution in [1.29, 1.82) is 0 Å². The van der Waals surface area contributed by atoms with Crippen molar-refractivity contribution >= 4 is 29.4 Å². The highest BCUT2D eigenvalue weighted by molar-refractivity contribution is 7.09. The van der Waals surface area contributed by atoms with Crippen LogP contribution in [0.25, 0.3) is 22.0 Å². The normalized spacial score (nSPS) is 11.0. The van der Waals surface area contributed by atoms with Gasteiger partial charge in [-0.2, -0.15) is 4.37 Å². The van der Waals surface area contributed by atoms with Crippen molar-refractivity contribution in [3.8, 4) is 27.7 Å². The number of hydrogen-bond acceptors (Lipinski definition) is 5. The van der Waals surface area contributed by atoms with Crippen molar-refractivity contribution < 1.29 is 9.53 Å². The summed E-state index contributed by atoms with van der Waals surface area (Å²) in [6, 6.07) is 11.5. The average molecular weight is 387 g/mol. The van der Waals surface area contributed by atoms with Gasteiger partial charge in [0, 0.05) is 17.5 Å². The van der Waals surface area contributed by atoms with Gasteiger partial charge in [0.15, 0.2) is 5.82 Å². The second-order valence-electron chi connectivity index (χ2n) is 6.20. The minimum absolute atomic E-state index is 0.0631. The van der Waals surface area contributed by atoms with Crippen LogP contribution in [0.1, 0.15) is 25.0 Å². The zero-order valence-electron chi connectivity index (χ0n) is 14.8. The van der Waals surface area contributed by atoms with E-state index >= 15 is 0 Å². The Kier molecular flexibility index (Phi) is 5.69. The fourth-order valence-corrected chi connectivity index (χ4v) is 3.57. The van der Waals surface area contributed by atoms with Crippen molar-refractivity contribution in [1.82, 2.24) is 9.36 Å². The first kappa shape index (κ1) is 18.5. The van der Waals surface area contributed by atoms with E-state index in [1.165, 1.54) is 11.5 Å². The molecule has 1 aromatic heterocycles. The van der Waals surface area contributed by atoms with E-state index in [0.717, 1.165) is 33.5 Å². The predicted octanol–water partition coefficient (Wildman–Crippen LogP) is 5.36. The predicted molar refractivity (Wildman–Crippen MR) is 106 cm³/mol. The smallest absolute Gasteiger partial charge is 0.173 e. The van der Waals surface area contributed by atoms with E-state index < -0.39 is 0 Å². The van der Waals surface area contributed by atoms with Gasteiger partial charge in [0.25, 0.3) is 0 Å². The monoisotopic (exact) mass is 386 g/mol. The van der Waals surface area contributed by atoms with Crippen LogP contribution in [0.5, 0.6) is 5.75 Å². The summed E-state index contributed by atoms with van der Waals surface area (Å²) in [7, 11) is 0. The first-order chi connectivity index (χ1) is 12.5. The molecule has 0 saturated heterocycles. The highest BCUT2D eigenvalue weighted by atomic mass is 35.5. The Balaban J connectivity index is 1.92. The van der Waals surface area contributed by atoms with Gasteiger partial charge < -0.3 is 9.53 Å². The molecule has 0 unspecified atom stereocenters. The molecule has 2 aromatic carbocycles. The van der Waals surface area contributed by atoms with Crippen LogP contribution in [-0.2, 0) is 11.2 Å². The summed E-state index contributed by atoms with van der Waals surface area (Å²) in [5, 5.41) is 1.34. The Morgan fingerprint density at radius 3 is 2.77 bits per heavy atom. The highest BCUT2D eigenvalue weighted by Gasteiger charge is 2.14. The minimum atomic E-state index is 0.0631. The average Bonchev–Trinajstić information content (AvgIpc) is 3.08. The fourth-order valence-electron chi connectivity index (χ4n) is 2.67. The second-order valence-corrected chi connectivity index (χ2v) is 7.35. The number of carbonyl (C=O) groups is 1. The van der Waals surface area contributed by atoms with E-state index in [2.05, 4.69) is 9.36 Å². The summed E-state index contributed by atoms with van der Waals surface area (Å²) in [6.07, 6.45) is 1.37. The molecule has 26 heavy (non-hydrogen) atoms. The molecule has 0 saturated carbocycles. The van der Waals surface area contributed by atoms with Crippen LogP contribution in [-0.4, -0.2) is 21.7 Å². The largest absolute Gasteiger partial charge is 0.489 e. The molecule has 0 fully saturated rings. The Morgan fingerprint density at radius 1 is 1.27 bits per heavy atom. The third-order valence-corrected chi connectivity index (χ3v) is 5.02. The highest BCUT2D eigenvalue weighted by Crippen LogP contribution is 2.33. The van der Waals surface area contributed by atoms with Gasteiger partial charge in [-0.05, 0) is 61.6 Å². The van der Waals surface area contributed by atoms with Crippen molar-refractivity contribution in [3.63, 3.8) is 0 Å². The number of aldehydes is 1. The number of nitrogens with zero attached hydrogens (tertiary/aromatic N) is 2. The zero-order chi connectivity index (χ0) is 18.7. The van der Waals surface area contributed by atoms with E-state index in [0.29, 0.717) is 23.0 Å². The molecule has 0 atom stereocenters. The molecule has 0 spiro atoms. The van der Waals surface area contributed by atoms with Crippen LogP contribution in [0.3, 0.4) is 0 Å². The molecule has 1 heterocycles. The molecule has 0 amide bonds. The summed E-state index contributed by atoms with van der Waals surface area (Å²) >= 11 is 7.65. The van der Waals surface area contributed by atoms with Crippen LogP contribution in [0.2, 0.25) is 5.02 Å². The SMILES string of the molecule is Cc1c(CC=O)cccc1-c1nsc(-c2ccc(OC(C)C)c(Cl)c2)n1. The molecule has 3 rings (SSSR count). The molecular formula is C20H19ClN2O2S. The molecule has 4 nitrogen and oxygen atoms in total. The zero-order valence-corrected chi connectivity index (χ0v) is 16.4. The molecule has 0 N–H and O–H groups in total. The summed E-state index contributed by atoms with van der Waals surface area (Å²) in [5.74, 6) is 1.32. The number of rotatable bonds is 6. The standard InChI is InChI=1S/C20H19ClN2O2S/c1-12(2)25-18-8-7-15(11-17(18)21)20-22-19(23-26-20)16-6-4-5-14(9-10-24)13(16)3/h4-8,10-12H,9H2,1-3H3. The Morgan fingerprint density at radius 2 is 2.08 bits per heavy atom. The number of ether oxygens (including phenoxy) is 1. The van der Waals surface area contributed by atoms with Gasteiger partial charge >= 0.3 is 0 Å². The summed E-state index contributed by atoms with van der Waals surface area (Å²) in [6.45, 7) is 5.91. The van der Waals surface area contributed by atoms with E-state index in [1.807, 2.05) is 57.2 Å². The van der Waals surface area contributed by atoms with Gasteiger partial charge in [-0.25, -0.2) is 4.98 Å². The Labute approximate surface area is 162 Å². The quantitative estimate of drug-likeness (QED) is 0.535. The molecule has 134 valence electrons. The summed E-state index contributed by atoms with van der Waals surface area (Å²) in [4.78, 5) is 15.5. The lowest BCUT2D eigenvalue weighted by atomic mass is 10.00. The molecule has 0 aliphatic rings. The number of aromatic nitrogens is 2. The Bertz CT molecular complexity index is 937. The van der Waals surface area contributed by atoms with E-state index in [-0.39, 0.29) is 6.10 Å². The third-order valence-electron chi connectivity index (χ3n) is 3.96. The van der Waals surface area contributed by atoms with Crippen molar-refractivity contribution in [2.75, 3.05) is 0 Å². The maximum absolute atomic E-state index is 10.8. The van der Waals surface area contributed by atoms with Crippen LogP contribution in [0, 0.1) is 6.92 Å². The van der Waals surface area contributed by atoms with Crippen LogP contribution in [0.15, 0.2) is 36.4 Å². The van der Waals surface area contributed by atoms with Crippen LogP contribution < -0.4 is 4.74 Å². The number of hydrogen-bond donors (Lipinski definition) is 0. The molecule has 0 aliphatic carbocycles. The topological polar surface area (TPSA) is 52.1 Å². The van der Waals surface area contributed by atoms with Gasteiger partial charge in [-0.3, -0.25) is 0 Å². The lowest BCUT2D eigenvalue weighted by Gasteiger charge is -2.11.